The number of fused-ring (bicyclic) bond motifs is 3. The van der Waals surface area contributed by atoms with Gasteiger partial charge in [0.05, 0.1) is 35.4 Å². The summed E-state index contributed by atoms with van der Waals surface area (Å²) in [6.07, 6.45) is -3.28. The molecule has 2 aliphatic rings. The van der Waals surface area contributed by atoms with Crippen molar-refractivity contribution in [2.45, 2.75) is 44.1 Å². The summed E-state index contributed by atoms with van der Waals surface area (Å²) < 4.78 is 79.1. The zero-order valence-corrected chi connectivity index (χ0v) is 24.5. The number of carbonyl (C=O) groups excluding carboxylic acids is 1. The maximum absolute atomic E-state index is 15.1. The first-order valence-corrected chi connectivity index (χ1v) is 14.3. The molecule has 2 aromatic heterocycles. The van der Waals surface area contributed by atoms with Crippen molar-refractivity contribution in [2.75, 3.05) is 18.1 Å². The molecule has 4 aromatic rings. The van der Waals surface area contributed by atoms with E-state index >= 15 is 8.78 Å². The van der Waals surface area contributed by atoms with Crippen LogP contribution in [-0.4, -0.2) is 57.9 Å². The number of hydrogen-bond acceptors (Lipinski definition) is 6. The number of alkyl halides is 3. The van der Waals surface area contributed by atoms with E-state index in [0.29, 0.717) is 13.2 Å². The average molecular weight is 643 g/mol. The topological polar surface area (TPSA) is 114 Å². The van der Waals surface area contributed by atoms with Gasteiger partial charge in [-0.05, 0) is 43.2 Å². The maximum atomic E-state index is 15.1. The second-order valence-electron chi connectivity index (χ2n) is 11.5. The van der Waals surface area contributed by atoms with E-state index in [-0.39, 0.29) is 45.6 Å². The van der Waals surface area contributed by atoms with Gasteiger partial charge in [0.15, 0.2) is 0 Å². The highest BCUT2D eigenvalue weighted by Gasteiger charge is 2.40. The molecule has 0 spiro atoms. The van der Waals surface area contributed by atoms with Crippen molar-refractivity contribution in [1.29, 1.82) is 0 Å². The molecule has 4 heterocycles. The van der Waals surface area contributed by atoms with Crippen molar-refractivity contribution < 1.29 is 41.4 Å². The Hall–Kier alpha value is -4.85. The number of nitrogens with zero attached hydrogens (tertiary/aromatic N) is 3. The smallest absolute Gasteiger partial charge is 0.417 e. The Labute approximate surface area is 258 Å². The maximum Gasteiger partial charge on any atom is 0.417 e. The number of aryl methyl sites for hydroxylation is 1. The fourth-order valence-electron chi connectivity index (χ4n) is 6.22. The van der Waals surface area contributed by atoms with Gasteiger partial charge in [0.1, 0.15) is 23.2 Å². The molecule has 0 saturated carbocycles. The van der Waals surface area contributed by atoms with Crippen molar-refractivity contribution >= 4 is 28.5 Å². The van der Waals surface area contributed by atoms with E-state index in [1.807, 2.05) is 0 Å². The lowest BCUT2D eigenvalue weighted by molar-refractivity contribution is -0.139. The van der Waals surface area contributed by atoms with Crippen molar-refractivity contribution in [3.8, 4) is 11.1 Å². The highest BCUT2D eigenvalue weighted by Crippen LogP contribution is 2.39. The fourth-order valence-corrected chi connectivity index (χ4v) is 6.22. The van der Waals surface area contributed by atoms with Crippen molar-refractivity contribution in [2.24, 2.45) is 7.05 Å². The minimum Gasteiger partial charge on any atom is -0.480 e. The molecule has 9 nitrogen and oxygen atoms in total. The summed E-state index contributed by atoms with van der Waals surface area (Å²) >= 11 is 0. The third-order valence-corrected chi connectivity index (χ3v) is 8.62. The lowest BCUT2D eigenvalue weighted by Crippen LogP contribution is -2.43. The number of carboxylic acids is 1. The number of aliphatic carboxylic acids is 1. The van der Waals surface area contributed by atoms with E-state index < -0.39 is 64.4 Å². The number of ether oxygens (including phenoxy) is 1. The van der Waals surface area contributed by atoms with Gasteiger partial charge in [-0.25, -0.2) is 13.6 Å². The number of carbonyl (C=O) groups is 2. The summed E-state index contributed by atoms with van der Waals surface area (Å²) in [4.78, 5) is 44.4. The number of morpholine rings is 1. The van der Waals surface area contributed by atoms with Crippen LogP contribution in [-0.2, 0) is 29.2 Å². The van der Waals surface area contributed by atoms with Crippen molar-refractivity contribution in [1.82, 2.24) is 14.9 Å². The molecule has 3 atom stereocenters. The molecule has 2 saturated heterocycles. The minimum atomic E-state index is -4.86. The van der Waals surface area contributed by atoms with Crippen LogP contribution < -0.4 is 15.8 Å². The molecule has 0 unspecified atom stereocenters. The molecule has 46 heavy (non-hydrogen) atoms. The first-order valence-electron chi connectivity index (χ1n) is 14.3. The Balaban J connectivity index is 1.32. The molecule has 0 radical (unpaired) electrons. The van der Waals surface area contributed by atoms with Crippen LogP contribution in [0.2, 0.25) is 0 Å². The summed E-state index contributed by atoms with van der Waals surface area (Å²) in [5.74, 6) is -5.15. The molecule has 2 aliphatic heterocycles. The number of rotatable bonds is 7. The predicted molar refractivity (Wildman–Crippen MR) is 157 cm³/mol. The molecule has 6 rings (SSSR count). The Bertz CT molecular complexity index is 1940. The number of anilines is 1. The largest absolute Gasteiger partial charge is 0.480 e. The van der Waals surface area contributed by atoms with Gasteiger partial charge in [-0.3, -0.25) is 14.6 Å². The molecule has 2 bridgehead atoms. The summed E-state index contributed by atoms with van der Waals surface area (Å²) in [6.45, 7) is 2.25. The number of aromatic nitrogens is 2. The van der Waals surface area contributed by atoms with Crippen LogP contribution in [0, 0.1) is 18.6 Å². The quantitative estimate of drug-likeness (QED) is 0.283. The molecule has 2 fully saturated rings. The Kier molecular flexibility index (Phi) is 7.79. The Morgan fingerprint density at radius 2 is 1.87 bits per heavy atom. The lowest BCUT2D eigenvalue weighted by Gasteiger charge is -2.29. The van der Waals surface area contributed by atoms with Gasteiger partial charge >= 0.3 is 12.1 Å². The summed E-state index contributed by atoms with van der Waals surface area (Å²) in [6, 6.07) is 6.73. The minimum absolute atomic E-state index is 0.00406. The van der Waals surface area contributed by atoms with E-state index in [2.05, 4.69) is 10.3 Å². The second-order valence-corrected chi connectivity index (χ2v) is 11.5. The van der Waals surface area contributed by atoms with Gasteiger partial charge in [0.2, 0.25) is 0 Å². The zero-order valence-electron chi connectivity index (χ0n) is 24.5. The molecule has 14 heteroatoms. The number of amides is 1. The standard InChI is InChI=1S/C32H27F5N4O5/c1-15-8-22(32(35,36)37)26(30(43)40(15)2)21-6-5-16(20-4-3-7-38-28(20)21)9-25(31(44)45)39-29(42)27-23(33)11-17(12-24(27)34)41-13-19-10-18(41)14-46-19/h3-8,11-12,18-19,25H,9-10,13-14H2,1-2H3,(H,39,42)(H,44,45)/t18-,19-,25+/m1/s1. The van der Waals surface area contributed by atoms with Crippen LogP contribution in [0.4, 0.5) is 27.6 Å². The highest BCUT2D eigenvalue weighted by molar-refractivity contribution is 5.99. The van der Waals surface area contributed by atoms with E-state index in [1.54, 1.807) is 4.90 Å². The summed E-state index contributed by atoms with van der Waals surface area (Å²) in [5.41, 5.74) is -3.16. The zero-order chi connectivity index (χ0) is 33.1. The van der Waals surface area contributed by atoms with Crippen LogP contribution >= 0.6 is 0 Å². The third kappa shape index (κ3) is 5.46. The van der Waals surface area contributed by atoms with E-state index in [1.165, 1.54) is 44.4 Å². The number of halogens is 5. The predicted octanol–water partition coefficient (Wildman–Crippen LogP) is 4.61. The second kappa shape index (κ2) is 11.5. The normalized spacial score (nSPS) is 18.3. The van der Waals surface area contributed by atoms with Crippen LogP contribution in [0.5, 0.6) is 0 Å². The van der Waals surface area contributed by atoms with Gasteiger partial charge in [-0.15, -0.1) is 0 Å². The highest BCUT2D eigenvalue weighted by atomic mass is 19.4. The first-order chi connectivity index (χ1) is 21.7. The number of hydrogen-bond donors (Lipinski definition) is 2. The molecule has 2 aromatic carbocycles. The molecule has 2 N–H and O–H groups in total. The van der Waals surface area contributed by atoms with E-state index in [9.17, 15) is 32.7 Å². The Morgan fingerprint density at radius 1 is 1.15 bits per heavy atom. The van der Waals surface area contributed by atoms with Crippen LogP contribution in [0.3, 0.4) is 0 Å². The molecule has 1 amide bonds. The third-order valence-electron chi connectivity index (χ3n) is 8.62. The molecular formula is C32H27F5N4O5. The number of carboxylic acid groups (broad SMARTS) is 1. The monoisotopic (exact) mass is 642 g/mol. The first kappa shape index (κ1) is 31.1. The molecule has 0 aliphatic carbocycles. The number of benzene rings is 2. The Morgan fingerprint density at radius 3 is 2.48 bits per heavy atom. The molecular weight excluding hydrogens is 615 g/mol. The van der Waals surface area contributed by atoms with Crippen molar-refractivity contribution in [3.05, 3.63) is 93.0 Å². The van der Waals surface area contributed by atoms with Gasteiger partial charge in [-0.1, -0.05) is 18.2 Å². The van der Waals surface area contributed by atoms with Crippen LogP contribution in [0.25, 0.3) is 22.0 Å². The van der Waals surface area contributed by atoms with Crippen LogP contribution in [0.1, 0.15) is 33.6 Å². The number of nitrogens with one attached hydrogen (secondary N) is 1. The molecule has 240 valence electrons. The number of pyridine rings is 2. The van der Waals surface area contributed by atoms with Gasteiger partial charge in [0.25, 0.3) is 11.5 Å². The summed E-state index contributed by atoms with van der Waals surface area (Å²) in [5, 5.41) is 12.3. The van der Waals surface area contributed by atoms with Gasteiger partial charge in [-0.2, -0.15) is 13.2 Å². The fraction of sp³-hybridized carbons (Fsp3) is 0.312. The lowest BCUT2D eigenvalue weighted by atomic mass is 9.93. The van der Waals surface area contributed by atoms with Gasteiger partial charge in [0, 0.05) is 48.5 Å². The van der Waals surface area contributed by atoms with E-state index in [4.69, 9.17) is 4.74 Å². The van der Waals surface area contributed by atoms with Crippen molar-refractivity contribution in [3.63, 3.8) is 0 Å². The van der Waals surface area contributed by atoms with E-state index in [0.717, 1.165) is 29.2 Å². The van der Waals surface area contributed by atoms with Crippen LogP contribution in [0.15, 0.2) is 53.5 Å². The van der Waals surface area contributed by atoms with Gasteiger partial charge < -0.3 is 24.6 Å². The SMILES string of the molecule is Cc1cc(C(F)(F)F)c(-c2ccc(C[C@H](NC(=O)c3c(F)cc(N4C[C@H]5C[C@@H]4CO5)cc3F)C(=O)O)c3cccnc23)c(=O)n1C. The summed E-state index contributed by atoms with van der Waals surface area (Å²) in [7, 11) is 1.34. The average Bonchev–Trinajstić information content (AvgIpc) is 3.63.